The van der Waals surface area contributed by atoms with E-state index in [0.29, 0.717) is 6.54 Å². The lowest BCUT2D eigenvalue weighted by atomic mass is 10.2. The Morgan fingerprint density at radius 2 is 2.19 bits per heavy atom. The van der Waals surface area contributed by atoms with Crippen molar-refractivity contribution in [2.75, 3.05) is 6.54 Å². The minimum Gasteiger partial charge on any atom is -0.480 e. The van der Waals surface area contributed by atoms with Crippen LogP contribution in [-0.4, -0.2) is 33.5 Å². The van der Waals surface area contributed by atoms with E-state index in [1.807, 2.05) is 11.1 Å². The van der Waals surface area contributed by atoms with Crippen LogP contribution in [-0.2, 0) is 11.3 Å². The largest absolute Gasteiger partial charge is 0.480 e. The summed E-state index contributed by atoms with van der Waals surface area (Å²) >= 11 is 1.65. The first-order chi connectivity index (χ1) is 10.1. The monoisotopic (exact) mass is 302 g/mol. The van der Waals surface area contributed by atoms with Gasteiger partial charge >= 0.3 is 5.97 Å². The van der Waals surface area contributed by atoms with Gasteiger partial charge in [-0.2, -0.15) is 0 Å². The first kappa shape index (κ1) is 14.2. The Morgan fingerprint density at radius 1 is 1.43 bits per heavy atom. The van der Waals surface area contributed by atoms with Crippen molar-refractivity contribution in [2.45, 2.75) is 32.4 Å². The Kier molecular flexibility index (Phi) is 4.03. The summed E-state index contributed by atoms with van der Waals surface area (Å²) in [5.41, 5.74) is 2.35. The van der Waals surface area contributed by atoms with E-state index in [2.05, 4.69) is 36.2 Å². The molecule has 1 aliphatic rings. The number of likely N-dealkylation sites (tertiary alicyclic amines) is 1. The van der Waals surface area contributed by atoms with Crippen LogP contribution >= 0.6 is 11.3 Å². The number of thiazole rings is 1. The lowest BCUT2D eigenvalue weighted by Crippen LogP contribution is -2.35. The Labute approximate surface area is 128 Å². The first-order valence-corrected chi connectivity index (χ1v) is 7.94. The molecule has 0 unspecified atom stereocenters. The zero-order valence-electron chi connectivity index (χ0n) is 12.0. The van der Waals surface area contributed by atoms with E-state index in [1.165, 1.54) is 5.56 Å². The third-order valence-corrected chi connectivity index (χ3v) is 4.89. The predicted octanol–water partition coefficient (Wildman–Crippen LogP) is 3.17. The average molecular weight is 302 g/mol. The van der Waals surface area contributed by atoms with Gasteiger partial charge in [0.25, 0.3) is 0 Å². The fraction of sp³-hybridized carbons (Fsp3) is 0.375. The zero-order valence-corrected chi connectivity index (χ0v) is 12.8. The number of nitrogens with zero attached hydrogens (tertiary/aromatic N) is 2. The number of benzene rings is 1. The van der Waals surface area contributed by atoms with Gasteiger partial charge in [-0.15, -0.1) is 11.3 Å². The van der Waals surface area contributed by atoms with Crippen LogP contribution in [0.15, 0.2) is 30.5 Å². The van der Waals surface area contributed by atoms with Crippen molar-refractivity contribution in [2.24, 2.45) is 0 Å². The molecule has 110 valence electrons. The minimum atomic E-state index is -0.712. The maximum atomic E-state index is 11.2. The summed E-state index contributed by atoms with van der Waals surface area (Å²) in [4.78, 5) is 18.8. The summed E-state index contributed by atoms with van der Waals surface area (Å²) < 4.78 is 0. The third kappa shape index (κ3) is 3.14. The summed E-state index contributed by atoms with van der Waals surface area (Å²) in [6, 6.07) is 7.98. The van der Waals surface area contributed by atoms with Crippen molar-refractivity contribution in [3.8, 4) is 10.6 Å². The molecule has 0 amide bonds. The van der Waals surface area contributed by atoms with Crippen molar-refractivity contribution in [3.05, 3.63) is 40.9 Å². The van der Waals surface area contributed by atoms with Crippen LogP contribution < -0.4 is 0 Å². The molecule has 0 saturated carbocycles. The van der Waals surface area contributed by atoms with E-state index in [9.17, 15) is 9.90 Å². The molecule has 2 heterocycles. The molecular weight excluding hydrogens is 284 g/mol. The highest BCUT2D eigenvalue weighted by molar-refractivity contribution is 7.15. The molecule has 21 heavy (non-hydrogen) atoms. The topological polar surface area (TPSA) is 53.4 Å². The highest BCUT2D eigenvalue weighted by Crippen LogP contribution is 2.28. The number of aliphatic carboxylic acids is 1. The van der Waals surface area contributed by atoms with E-state index in [4.69, 9.17) is 0 Å². The van der Waals surface area contributed by atoms with Crippen molar-refractivity contribution in [1.29, 1.82) is 0 Å². The van der Waals surface area contributed by atoms with E-state index in [-0.39, 0.29) is 6.04 Å². The Balaban J connectivity index is 1.73. The highest BCUT2D eigenvalue weighted by Gasteiger charge is 2.30. The van der Waals surface area contributed by atoms with Crippen molar-refractivity contribution < 1.29 is 9.90 Å². The van der Waals surface area contributed by atoms with Gasteiger partial charge in [-0.25, -0.2) is 4.98 Å². The normalized spacial score (nSPS) is 19.0. The molecule has 1 aromatic heterocycles. The molecule has 5 heteroatoms. The quantitative estimate of drug-likeness (QED) is 0.942. The van der Waals surface area contributed by atoms with Crippen LogP contribution in [0.2, 0.25) is 0 Å². The summed E-state index contributed by atoms with van der Waals surface area (Å²) in [6.45, 7) is 3.60. The smallest absolute Gasteiger partial charge is 0.320 e. The van der Waals surface area contributed by atoms with Crippen LogP contribution in [0.1, 0.15) is 23.3 Å². The number of carboxylic acids is 1. The molecule has 3 rings (SSSR count). The number of carbonyl (C=O) groups is 1. The maximum Gasteiger partial charge on any atom is 0.320 e. The number of carboxylic acid groups (broad SMARTS) is 1. The molecule has 1 atom stereocenters. The summed E-state index contributed by atoms with van der Waals surface area (Å²) in [5, 5.41) is 10.2. The van der Waals surface area contributed by atoms with Crippen LogP contribution in [0.4, 0.5) is 0 Å². The van der Waals surface area contributed by atoms with Crippen LogP contribution in [0, 0.1) is 6.92 Å². The molecule has 4 nitrogen and oxygen atoms in total. The fourth-order valence-electron chi connectivity index (χ4n) is 2.71. The molecule has 0 aliphatic carbocycles. The van der Waals surface area contributed by atoms with Gasteiger partial charge in [0.1, 0.15) is 11.0 Å². The highest BCUT2D eigenvalue weighted by atomic mass is 32.1. The molecular formula is C16H18N2O2S. The van der Waals surface area contributed by atoms with Gasteiger partial charge in [0, 0.05) is 23.2 Å². The van der Waals surface area contributed by atoms with E-state index >= 15 is 0 Å². The molecule has 1 aromatic carbocycles. The Hall–Kier alpha value is -1.72. The Bertz CT molecular complexity index is 636. The van der Waals surface area contributed by atoms with Crippen molar-refractivity contribution in [1.82, 2.24) is 9.88 Å². The van der Waals surface area contributed by atoms with Gasteiger partial charge in [-0.3, -0.25) is 9.69 Å². The lowest BCUT2D eigenvalue weighted by Gasteiger charge is -2.19. The maximum absolute atomic E-state index is 11.2. The van der Waals surface area contributed by atoms with Crippen LogP contribution in [0.25, 0.3) is 10.6 Å². The van der Waals surface area contributed by atoms with E-state index in [1.54, 1.807) is 11.3 Å². The predicted molar refractivity (Wildman–Crippen MR) is 83.4 cm³/mol. The molecule has 0 bridgehead atoms. The Morgan fingerprint density at radius 3 is 2.90 bits per heavy atom. The molecule has 1 N–H and O–H groups in total. The number of aromatic nitrogens is 1. The summed E-state index contributed by atoms with van der Waals surface area (Å²) in [7, 11) is 0. The number of aryl methyl sites for hydroxylation is 1. The fourth-order valence-corrected chi connectivity index (χ4v) is 3.65. The molecule has 1 fully saturated rings. The van der Waals surface area contributed by atoms with Crippen LogP contribution in [0.3, 0.4) is 0 Å². The molecule has 1 saturated heterocycles. The van der Waals surface area contributed by atoms with E-state index < -0.39 is 5.97 Å². The number of hydrogen-bond donors (Lipinski definition) is 1. The third-order valence-electron chi connectivity index (χ3n) is 3.86. The summed E-state index contributed by atoms with van der Waals surface area (Å²) in [5.74, 6) is -0.712. The van der Waals surface area contributed by atoms with Gasteiger partial charge < -0.3 is 5.11 Å². The second-order valence-electron chi connectivity index (χ2n) is 5.46. The van der Waals surface area contributed by atoms with Gasteiger partial charge in [-0.1, -0.05) is 29.8 Å². The minimum absolute atomic E-state index is 0.338. The molecule has 0 radical (unpaired) electrons. The first-order valence-electron chi connectivity index (χ1n) is 7.12. The standard InChI is InChI=1S/C16H18N2O2S/c1-11-4-6-12(7-5-11)15-17-9-13(21-15)10-18-8-2-3-14(18)16(19)20/h4-7,9,14H,2-3,8,10H2,1H3,(H,19,20)/t14-/m0/s1. The number of rotatable bonds is 4. The molecule has 0 spiro atoms. The zero-order chi connectivity index (χ0) is 14.8. The van der Waals surface area contributed by atoms with E-state index in [0.717, 1.165) is 34.8 Å². The molecule has 1 aliphatic heterocycles. The lowest BCUT2D eigenvalue weighted by molar-refractivity contribution is -0.142. The van der Waals surface area contributed by atoms with Gasteiger partial charge in [0.15, 0.2) is 0 Å². The summed E-state index contributed by atoms with van der Waals surface area (Å²) in [6.07, 6.45) is 3.58. The second-order valence-corrected chi connectivity index (χ2v) is 6.58. The molecule has 2 aromatic rings. The van der Waals surface area contributed by atoms with Crippen molar-refractivity contribution >= 4 is 17.3 Å². The van der Waals surface area contributed by atoms with Gasteiger partial charge in [0.05, 0.1) is 0 Å². The average Bonchev–Trinajstić information content (AvgIpc) is 3.09. The van der Waals surface area contributed by atoms with Crippen LogP contribution in [0.5, 0.6) is 0 Å². The van der Waals surface area contributed by atoms with Crippen molar-refractivity contribution in [3.63, 3.8) is 0 Å². The van der Waals surface area contributed by atoms with Gasteiger partial charge in [-0.05, 0) is 26.3 Å². The van der Waals surface area contributed by atoms with Gasteiger partial charge in [0.2, 0.25) is 0 Å². The number of hydrogen-bond acceptors (Lipinski definition) is 4. The SMILES string of the molecule is Cc1ccc(-c2ncc(CN3CCC[C@H]3C(=O)O)s2)cc1. The second kappa shape index (κ2) is 5.95.